The zero-order valence-electron chi connectivity index (χ0n) is 11.8. The van der Waals surface area contributed by atoms with Crippen LogP contribution >= 0.6 is 0 Å². The van der Waals surface area contributed by atoms with Crippen molar-refractivity contribution in [3.05, 3.63) is 35.4 Å². The van der Waals surface area contributed by atoms with Gasteiger partial charge in [0, 0.05) is 32.2 Å². The molecule has 0 aromatic heterocycles. The van der Waals surface area contributed by atoms with Crippen LogP contribution in [0.15, 0.2) is 24.3 Å². The van der Waals surface area contributed by atoms with E-state index in [1.54, 1.807) is 0 Å². The van der Waals surface area contributed by atoms with Crippen LogP contribution in [0.4, 0.5) is 0 Å². The topological polar surface area (TPSA) is 18.5 Å². The van der Waals surface area contributed by atoms with E-state index in [9.17, 15) is 0 Å². The van der Waals surface area contributed by atoms with Crippen LogP contribution in [-0.2, 0) is 13.0 Å². The van der Waals surface area contributed by atoms with Crippen molar-refractivity contribution >= 4 is 0 Å². The normalized spacial score (nSPS) is 20.1. The van der Waals surface area contributed by atoms with Crippen molar-refractivity contribution < 1.29 is 0 Å². The van der Waals surface area contributed by atoms with Crippen LogP contribution in [0.2, 0.25) is 0 Å². The van der Waals surface area contributed by atoms with Gasteiger partial charge in [0.15, 0.2) is 0 Å². The first-order valence-corrected chi connectivity index (χ1v) is 6.81. The van der Waals surface area contributed by atoms with Crippen molar-refractivity contribution in [3.8, 4) is 0 Å². The fourth-order valence-corrected chi connectivity index (χ4v) is 2.67. The number of hydrogen-bond acceptors (Lipinski definition) is 3. The molecule has 1 aliphatic heterocycles. The molecule has 0 saturated heterocycles. The summed E-state index contributed by atoms with van der Waals surface area (Å²) in [5, 5.41) is 3.33. The first-order chi connectivity index (χ1) is 8.70. The molecule has 100 valence electrons. The van der Waals surface area contributed by atoms with Crippen molar-refractivity contribution in [3.63, 3.8) is 0 Å². The lowest BCUT2D eigenvalue weighted by Gasteiger charge is -2.37. The standard InChI is InChI=1S/C15H25N3/c1-16-11-15-10-13-6-4-5-7-14(13)12-18(15)9-8-17(2)3/h4-7,15-16H,8-12H2,1-3H3. The van der Waals surface area contributed by atoms with Crippen LogP contribution in [0.5, 0.6) is 0 Å². The van der Waals surface area contributed by atoms with Gasteiger partial charge in [-0.3, -0.25) is 4.90 Å². The van der Waals surface area contributed by atoms with Gasteiger partial charge in [-0.1, -0.05) is 24.3 Å². The highest BCUT2D eigenvalue weighted by Gasteiger charge is 2.24. The van der Waals surface area contributed by atoms with Crippen LogP contribution < -0.4 is 5.32 Å². The van der Waals surface area contributed by atoms with Gasteiger partial charge in [0.1, 0.15) is 0 Å². The summed E-state index contributed by atoms with van der Waals surface area (Å²) >= 11 is 0. The van der Waals surface area contributed by atoms with Gasteiger partial charge < -0.3 is 10.2 Å². The maximum absolute atomic E-state index is 3.33. The highest BCUT2D eigenvalue weighted by atomic mass is 15.2. The van der Waals surface area contributed by atoms with Gasteiger partial charge in [-0.05, 0) is 38.7 Å². The van der Waals surface area contributed by atoms with Crippen molar-refractivity contribution in [1.82, 2.24) is 15.1 Å². The molecule has 0 saturated carbocycles. The third-order valence-electron chi connectivity index (χ3n) is 3.74. The second-order valence-electron chi connectivity index (χ2n) is 5.46. The lowest BCUT2D eigenvalue weighted by molar-refractivity contribution is 0.155. The molecule has 0 bridgehead atoms. The minimum atomic E-state index is 0.629. The second kappa shape index (κ2) is 6.32. The zero-order chi connectivity index (χ0) is 13.0. The Morgan fingerprint density at radius 2 is 2.00 bits per heavy atom. The van der Waals surface area contributed by atoms with Crippen LogP contribution in [0.1, 0.15) is 11.1 Å². The smallest absolute Gasteiger partial charge is 0.0265 e. The van der Waals surface area contributed by atoms with E-state index in [1.807, 2.05) is 7.05 Å². The Balaban J connectivity index is 2.07. The highest BCUT2D eigenvalue weighted by Crippen LogP contribution is 2.22. The molecule has 1 aliphatic rings. The Morgan fingerprint density at radius 3 is 2.67 bits per heavy atom. The van der Waals surface area contributed by atoms with Crippen LogP contribution in [0, 0.1) is 0 Å². The summed E-state index contributed by atoms with van der Waals surface area (Å²) in [6.45, 7) is 4.44. The molecule has 1 atom stereocenters. The van der Waals surface area contributed by atoms with Crippen LogP contribution in [0.25, 0.3) is 0 Å². The number of rotatable bonds is 5. The molecule has 0 amide bonds. The van der Waals surface area contributed by atoms with Gasteiger partial charge in [0.25, 0.3) is 0 Å². The van der Waals surface area contributed by atoms with Crippen LogP contribution in [-0.4, -0.2) is 56.6 Å². The molecule has 2 rings (SSSR count). The maximum atomic E-state index is 3.33. The monoisotopic (exact) mass is 247 g/mol. The minimum absolute atomic E-state index is 0.629. The number of fused-ring (bicyclic) bond motifs is 1. The summed E-state index contributed by atoms with van der Waals surface area (Å²) in [4.78, 5) is 4.87. The predicted octanol–water partition coefficient (Wildman–Crippen LogP) is 1.19. The molecule has 1 aromatic rings. The summed E-state index contributed by atoms with van der Waals surface area (Å²) in [6, 6.07) is 9.49. The van der Waals surface area contributed by atoms with Gasteiger partial charge in [-0.15, -0.1) is 0 Å². The lowest BCUT2D eigenvalue weighted by Crippen LogP contribution is -2.47. The Labute approximate surface area is 111 Å². The predicted molar refractivity (Wildman–Crippen MR) is 76.8 cm³/mol. The maximum Gasteiger partial charge on any atom is 0.0265 e. The quantitative estimate of drug-likeness (QED) is 0.843. The first-order valence-electron chi connectivity index (χ1n) is 6.81. The van der Waals surface area contributed by atoms with Crippen molar-refractivity contribution in [2.24, 2.45) is 0 Å². The van der Waals surface area contributed by atoms with Crippen molar-refractivity contribution in [1.29, 1.82) is 0 Å². The van der Waals surface area contributed by atoms with E-state index >= 15 is 0 Å². The van der Waals surface area contributed by atoms with E-state index in [1.165, 1.54) is 17.5 Å². The molecular weight excluding hydrogens is 222 g/mol. The molecule has 18 heavy (non-hydrogen) atoms. The molecule has 3 nitrogen and oxygen atoms in total. The molecular formula is C15H25N3. The molecule has 0 aliphatic carbocycles. The number of hydrogen-bond donors (Lipinski definition) is 1. The van der Waals surface area contributed by atoms with E-state index in [2.05, 4.69) is 53.5 Å². The second-order valence-corrected chi connectivity index (χ2v) is 5.46. The minimum Gasteiger partial charge on any atom is -0.318 e. The molecule has 0 spiro atoms. The Kier molecular flexibility index (Phi) is 4.75. The van der Waals surface area contributed by atoms with Gasteiger partial charge in [-0.25, -0.2) is 0 Å². The third-order valence-corrected chi connectivity index (χ3v) is 3.74. The number of nitrogens with one attached hydrogen (secondary N) is 1. The van der Waals surface area contributed by atoms with Gasteiger partial charge in [0.05, 0.1) is 0 Å². The molecule has 1 heterocycles. The molecule has 0 fully saturated rings. The molecule has 1 unspecified atom stereocenters. The van der Waals surface area contributed by atoms with Gasteiger partial charge in [0.2, 0.25) is 0 Å². The first kappa shape index (κ1) is 13.5. The van der Waals surface area contributed by atoms with Gasteiger partial charge >= 0.3 is 0 Å². The van der Waals surface area contributed by atoms with E-state index < -0.39 is 0 Å². The van der Waals surface area contributed by atoms with Crippen LogP contribution in [0.3, 0.4) is 0 Å². The highest BCUT2D eigenvalue weighted by molar-refractivity contribution is 5.30. The number of nitrogens with zero attached hydrogens (tertiary/aromatic N) is 2. The van der Waals surface area contributed by atoms with Gasteiger partial charge in [-0.2, -0.15) is 0 Å². The fourth-order valence-electron chi connectivity index (χ4n) is 2.67. The molecule has 3 heteroatoms. The van der Waals surface area contributed by atoms with E-state index in [-0.39, 0.29) is 0 Å². The fraction of sp³-hybridized carbons (Fsp3) is 0.600. The SMILES string of the molecule is CNCC1Cc2ccccc2CN1CCN(C)C. The Morgan fingerprint density at radius 1 is 1.28 bits per heavy atom. The van der Waals surface area contributed by atoms with E-state index in [4.69, 9.17) is 0 Å². The molecule has 1 aromatic carbocycles. The van der Waals surface area contributed by atoms with Crippen molar-refractivity contribution in [2.75, 3.05) is 40.8 Å². The summed E-state index contributed by atoms with van der Waals surface area (Å²) < 4.78 is 0. The average molecular weight is 247 g/mol. The average Bonchev–Trinajstić information content (AvgIpc) is 2.36. The van der Waals surface area contributed by atoms with E-state index in [0.717, 1.165) is 26.2 Å². The van der Waals surface area contributed by atoms with E-state index in [0.29, 0.717) is 6.04 Å². The van der Waals surface area contributed by atoms with Crippen molar-refractivity contribution in [2.45, 2.75) is 19.0 Å². The summed E-state index contributed by atoms with van der Waals surface area (Å²) in [5.74, 6) is 0. The molecule has 0 radical (unpaired) electrons. The largest absolute Gasteiger partial charge is 0.318 e. The summed E-state index contributed by atoms with van der Waals surface area (Å²) in [5.41, 5.74) is 3.03. The summed E-state index contributed by atoms with van der Waals surface area (Å²) in [6.07, 6.45) is 1.17. The third kappa shape index (κ3) is 3.31. The number of benzene rings is 1. The number of likely N-dealkylation sites (N-methyl/N-ethyl adjacent to an activating group) is 2. The Hall–Kier alpha value is -0.900. The summed E-state index contributed by atoms with van der Waals surface area (Å²) in [7, 11) is 6.33. The Bertz CT molecular complexity index is 376. The zero-order valence-corrected chi connectivity index (χ0v) is 11.8. The lowest BCUT2D eigenvalue weighted by atomic mass is 9.94. The molecule has 1 N–H and O–H groups in total.